The number of amides is 8. The Morgan fingerprint density at radius 3 is 1.76 bits per heavy atom. The van der Waals surface area contributed by atoms with E-state index in [4.69, 9.17) is 1.37 Å². The topological polar surface area (TPSA) is 232 Å². The standard InChI is InChI=1S/C20H32N8O9/c1-13(30)4-24-18(35)10-28(11-26-15(32)5-23-14(2)31)20(37)7-25-17(34)9-27(8-16(33)21-3)19(36)6-22-12-29/h12H,4-11H2,1-3H3,(H,21,33)(H,22,29)(H,23,31)(H,24,35)(H,25,34)(H,26,32)/i12D. The molecule has 0 aliphatic carbocycles. The summed E-state index contributed by atoms with van der Waals surface area (Å²) in [5.74, 6) is -5.39. The lowest BCUT2D eigenvalue weighted by molar-refractivity contribution is -0.140. The van der Waals surface area contributed by atoms with Crippen LogP contribution in [0, 0.1) is 0 Å². The molecule has 0 aliphatic rings. The Morgan fingerprint density at radius 2 is 1.22 bits per heavy atom. The summed E-state index contributed by atoms with van der Waals surface area (Å²) in [5, 5.41) is 13.3. The molecule has 0 fully saturated rings. The molecule has 206 valence electrons. The number of nitrogens with zero attached hydrogens (tertiary/aromatic N) is 2. The molecule has 0 saturated heterocycles. The van der Waals surface area contributed by atoms with Crippen LogP contribution in [0.5, 0.6) is 0 Å². The highest BCUT2D eigenvalue weighted by molar-refractivity contribution is 5.93. The third kappa shape index (κ3) is 15.9. The van der Waals surface area contributed by atoms with Crippen LogP contribution in [0.3, 0.4) is 0 Å². The van der Waals surface area contributed by atoms with Crippen molar-refractivity contribution in [3.8, 4) is 0 Å². The van der Waals surface area contributed by atoms with E-state index in [9.17, 15) is 43.2 Å². The van der Waals surface area contributed by atoms with Gasteiger partial charge in [0.15, 0.2) is 0 Å². The Bertz CT molecular complexity index is 943. The number of Topliss-reactive ketones (excluding diaryl/α,β-unsaturated/α-hetero) is 1. The number of carbonyl (C=O) groups is 9. The van der Waals surface area contributed by atoms with E-state index in [2.05, 4.69) is 26.6 Å². The van der Waals surface area contributed by atoms with Crippen molar-refractivity contribution >= 4 is 53.5 Å². The fourth-order valence-corrected chi connectivity index (χ4v) is 2.36. The van der Waals surface area contributed by atoms with Gasteiger partial charge in [-0.05, 0) is 6.92 Å². The van der Waals surface area contributed by atoms with Gasteiger partial charge in [-0.2, -0.15) is 0 Å². The van der Waals surface area contributed by atoms with Gasteiger partial charge in [-0.3, -0.25) is 43.2 Å². The van der Waals surface area contributed by atoms with Crippen molar-refractivity contribution in [2.45, 2.75) is 13.8 Å². The highest BCUT2D eigenvalue weighted by Crippen LogP contribution is 1.92. The monoisotopic (exact) mass is 529 g/mol. The number of nitrogens with one attached hydrogen (secondary N) is 6. The Balaban J connectivity index is 5.19. The van der Waals surface area contributed by atoms with Crippen LogP contribution in [0.15, 0.2) is 0 Å². The molecule has 17 nitrogen and oxygen atoms in total. The van der Waals surface area contributed by atoms with Crippen LogP contribution in [-0.2, 0) is 43.2 Å². The summed E-state index contributed by atoms with van der Waals surface area (Å²) >= 11 is 0. The lowest BCUT2D eigenvalue weighted by atomic mass is 10.3. The van der Waals surface area contributed by atoms with Crippen molar-refractivity contribution < 1.29 is 44.5 Å². The van der Waals surface area contributed by atoms with Crippen molar-refractivity contribution in [2.75, 3.05) is 59.5 Å². The van der Waals surface area contributed by atoms with Gasteiger partial charge in [-0.1, -0.05) is 0 Å². The van der Waals surface area contributed by atoms with E-state index in [0.717, 1.165) is 9.80 Å². The summed E-state index contributed by atoms with van der Waals surface area (Å²) in [5.41, 5.74) is 0. The normalized spacial score (nSPS) is 10.1. The SMILES string of the molecule is [2H]C(=O)NCC(=O)N(CC(=O)NC)CC(=O)NCC(=O)N(CNC(=O)CNC(C)=O)CC(=O)NCC(C)=O. The Hall–Kier alpha value is -4.57. The molecule has 0 spiro atoms. The Kier molecular flexibility index (Phi) is 14.7. The molecule has 0 unspecified atom stereocenters. The zero-order chi connectivity index (χ0) is 29.3. The molecule has 17 heteroatoms. The zero-order valence-electron chi connectivity index (χ0n) is 21.7. The first kappa shape index (κ1) is 30.5. The second-order valence-electron chi connectivity index (χ2n) is 7.39. The van der Waals surface area contributed by atoms with Gasteiger partial charge in [0.05, 0.1) is 32.8 Å². The molecule has 0 radical (unpaired) electrons. The van der Waals surface area contributed by atoms with Gasteiger partial charge < -0.3 is 41.7 Å². The first-order valence-electron chi connectivity index (χ1n) is 11.3. The van der Waals surface area contributed by atoms with Crippen LogP contribution >= 0.6 is 0 Å². The fraction of sp³-hybridized carbons (Fsp3) is 0.550. The first-order valence-corrected chi connectivity index (χ1v) is 10.8. The van der Waals surface area contributed by atoms with Crippen LogP contribution in [-0.4, -0.2) is 123 Å². The average molecular weight is 530 g/mol. The van der Waals surface area contributed by atoms with Gasteiger partial charge in [0.25, 0.3) is 0 Å². The van der Waals surface area contributed by atoms with Gasteiger partial charge >= 0.3 is 0 Å². The minimum atomic E-state index is -1.25. The number of likely N-dealkylation sites (N-methyl/N-ethyl adjacent to an activating group) is 1. The van der Waals surface area contributed by atoms with Crippen LogP contribution in [0.1, 0.15) is 15.2 Å². The van der Waals surface area contributed by atoms with Gasteiger partial charge in [-0.15, -0.1) is 0 Å². The molecule has 0 atom stereocenters. The molecule has 0 aliphatic heterocycles. The molecule has 6 N–H and O–H groups in total. The molecular formula is C20H32N8O9. The van der Waals surface area contributed by atoms with Gasteiger partial charge in [-0.25, -0.2) is 0 Å². The minimum absolute atomic E-state index is 0.289. The van der Waals surface area contributed by atoms with Crippen molar-refractivity contribution in [1.29, 1.82) is 0 Å². The largest absolute Gasteiger partial charge is 0.358 e. The van der Waals surface area contributed by atoms with E-state index >= 15 is 0 Å². The smallest absolute Gasteiger partial charge is 0.243 e. The molecule has 0 saturated carbocycles. The van der Waals surface area contributed by atoms with Crippen LogP contribution in [0.4, 0.5) is 0 Å². The van der Waals surface area contributed by atoms with Crippen molar-refractivity contribution in [1.82, 2.24) is 41.7 Å². The summed E-state index contributed by atoms with van der Waals surface area (Å²) in [4.78, 5) is 107. The van der Waals surface area contributed by atoms with Crippen molar-refractivity contribution in [2.24, 2.45) is 0 Å². The number of hydrogen-bond acceptors (Lipinski definition) is 9. The maximum absolute atomic E-state index is 12.7. The van der Waals surface area contributed by atoms with E-state index in [1.807, 2.05) is 5.32 Å². The summed E-state index contributed by atoms with van der Waals surface area (Å²) in [6.07, 6.45) is -1.25. The van der Waals surface area contributed by atoms with Gasteiger partial charge in [0.1, 0.15) is 26.8 Å². The van der Waals surface area contributed by atoms with Crippen LogP contribution in [0.2, 0.25) is 0 Å². The average Bonchev–Trinajstić information content (AvgIpc) is 2.84. The highest BCUT2D eigenvalue weighted by atomic mass is 16.2. The molecule has 0 aromatic carbocycles. The third-order valence-corrected chi connectivity index (χ3v) is 4.24. The molecule has 0 rings (SSSR count). The summed E-state index contributed by atoms with van der Waals surface area (Å²) in [7, 11) is 1.30. The van der Waals surface area contributed by atoms with E-state index < -0.39 is 87.1 Å². The van der Waals surface area contributed by atoms with E-state index in [0.29, 0.717) is 0 Å². The van der Waals surface area contributed by atoms with E-state index in [1.54, 1.807) is 0 Å². The first-order chi connectivity index (χ1) is 17.7. The number of ketones is 1. The quantitative estimate of drug-likeness (QED) is 0.0824. The number of rotatable bonds is 16. The Morgan fingerprint density at radius 1 is 0.676 bits per heavy atom. The van der Waals surface area contributed by atoms with Gasteiger partial charge in [0.2, 0.25) is 47.7 Å². The second-order valence-corrected chi connectivity index (χ2v) is 7.39. The van der Waals surface area contributed by atoms with Crippen LogP contribution < -0.4 is 31.9 Å². The van der Waals surface area contributed by atoms with Crippen LogP contribution in [0.25, 0.3) is 0 Å². The molecule has 37 heavy (non-hydrogen) atoms. The van der Waals surface area contributed by atoms with Crippen molar-refractivity contribution in [3.63, 3.8) is 0 Å². The lowest BCUT2D eigenvalue weighted by Crippen LogP contribution is -2.52. The number of hydrogen-bond donors (Lipinski definition) is 6. The van der Waals surface area contributed by atoms with E-state index in [1.165, 1.54) is 20.9 Å². The predicted molar refractivity (Wildman–Crippen MR) is 125 cm³/mol. The molecule has 0 heterocycles. The molecule has 0 aromatic rings. The minimum Gasteiger partial charge on any atom is -0.358 e. The van der Waals surface area contributed by atoms with E-state index in [-0.39, 0.29) is 18.9 Å². The second kappa shape index (κ2) is 17.8. The maximum Gasteiger partial charge on any atom is 0.243 e. The number of carbonyl (C=O) groups excluding carboxylic acids is 9. The van der Waals surface area contributed by atoms with Gasteiger partial charge in [0, 0.05) is 14.0 Å². The predicted octanol–water partition coefficient (Wildman–Crippen LogP) is -5.83. The zero-order valence-corrected chi connectivity index (χ0v) is 20.7. The lowest BCUT2D eigenvalue weighted by Gasteiger charge is -2.24. The molecule has 8 amide bonds. The maximum atomic E-state index is 12.7. The summed E-state index contributed by atoms with van der Waals surface area (Å²) in [6.45, 7) is -1.86. The summed E-state index contributed by atoms with van der Waals surface area (Å²) in [6, 6.07) is 0. The fourth-order valence-electron chi connectivity index (χ4n) is 2.36. The molecular weight excluding hydrogens is 496 g/mol. The Labute approximate surface area is 213 Å². The third-order valence-electron chi connectivity index (χ3n) is 4.24. The molecule has 0 aromatic heterocycles. The highest BCUT2D eigenvalue weighted by Gasteiger charge is 2.22. The molecule has 0 bridgehead atoms. The van der Waals surface area contributed by atoms with Crippen molar-refractivity contribution in [3.05, 3.63) is 0 Å². The summed E-state index contributed by atoms with van der Waals surface area (Å²) < 4.78 is 6.77.